The van der Waals surface area contributed by atoms with E-state index in [1.54, 1.807) is 0 Å². The van der Waals surface area contributed by atoms with Gasteiger partial charge in [0.25, 0.3) is 0 Å². The monoisotopic (exact) mass is 235 g/mol. The number of rotatable bonds is 3. The van der Waals surface area contributed by atoms with Gasteiger partial charge in [-0.2, -0.15) is 5.10 Å². The average molecular weight is 235 g/mol. The van der Waals surface area contributed by atoms with Crippen LogP contribution in [0.25, 0.3) is 0 Å². The van der Waals surface area contributed by atoms with E-state index in [1.165, 1.54) is 19.3 Å². The van der Waals surface area contributed by atoms with Crippen molar-refractivity contribution < 1.29 is 4.79 Å². The molecule has 0 aromatic carbocycles. The molecule has 0 saturated heterocycles. The molecule has 94 valence electrons. The summed E-state index contributed by atoms with van der Waals surface area (Å²) in [6, 6.07) is 0. The van der Waals surface area contributed by atoms with Gasteiger partial charge in [0.15, 0.2) is 0 Å². The first-order chi connectivity index (χ1) is 8.18. The van der Waals surface area contributed by atoms with Crippen LogP contribution in [0.3, 0.4) is 0 Å². The lowest BCUT2D eigenvalue weighted by Gasteiger charge is -2.20. The van der Waals surface area contributed by atoms with Gasteiger partial charge in [0, 0.05) is 30.8 Å². The number of hydrogen-bond acceptors (Lipinski definition) is 2. The predicted octanol–water partition coefficient (Wildman–Crippen LogP) is 1.93. The summed E-state index contributed by atoms with van der Waals surface area (Å²) >= 11 is 0. The number of carbonyl (C=O) groups excluding carboxylic acids is 1. The molecule has 1 aromatic rings. The number of nitrogens with zero attached hydrogens (tertiary/aromatic N) is 2. The molecule has 2 rings (SSSR count). The van der Waals surface area contributed by atoms with E-state index in [2.05, 4.69) is 10.4 Å². The zero-order chi connectivity index (χ0) is 12.3. The summed E-state index contributed by atoms with van der Waals surface area (Å²) in [5, 5.41) is 7.20. The number of aryl methyl sites for hydroxylation is 1. The van der Waals surface area contributed by atoms with E-state index >= 15 is 0 Å². The quantitative estimate of drug-likeness (QED) is 0.870. The fourth-order valence-electron chi connectivity index (χ4n) is 2.41. The van der Waals surface area contributed by atoms with Gasteiger partial charge < -0.3 is 5.32 Å². The number of carbonyl (C=O) groups is 1. The number of hydrogen-bond donors (Lipinski definition) is 1. The molecular weight excluding hydrogens is 214 g/mol. The summed E-state index contributed by atoms with van der Waals surface area (Å²) in [6.07, 6.45) is 7.62. The molecule has 1 aliphatic carbocycles. The lowest BCUT2D eigenvalue weighted by Crippen LogP contribution is -2.31. The van der Waals surface area contributed by atoms with Gasteiger partial charge in [-0.25, -0.2) is 0 Å². The first kappa shape index (κ1) is 12.1. The minimum absolute atomic E-state index is 0.216. The van der Waals surface area contributed by atoms with Crippen molar-refractivity contribution in [1.82, 2.24) is 15.1 Å². The van der Waals surface area contributed by atoms with Crippen LogP contribution in [-0.2, 0) is 18.4 Å². The second-order valence-electron chi connectivity index (χ2n) is 4.93. The van der Waals surface area contributed by atoms with E-state index in [0.29, 0.717) is 6.54 Å². The van der Waals surface area contributed by atoms with Crippen molar-refractivity contribution in [3.05, 3.63) is 17.5 Å². The zero-order valence-corrected chi connectivity index (χ0v) is 10.7. The lowest BCUT2D eigenvalue weighted by molar-refractivity contribution is -0.126. The van der Waals surface area contributed by atoms with E-state index in [4.69, 9.17) is 0 Å². The molecule has 17 heavy (non-hydrogen) atoms. The Morgan fingerprint density at radius 3 is 2.76 bits per heavy atom. The minimum atomic E-state index is 0.216. The van der Waals surface area contributed by atoms with Crippen LogP contribution in [0.15, 0.2) is 6.20 Å². The highest BCUT2D eigenvalue weighted by Crippen LogP contribution is 2.23. The Morgan fingerprint density at radius 2 is 2.18 bits per heavy atom. The van der Waals surface area contributed by atoms with Crippen LogP contribution >= 0.6 is 0 Å². The lowest BCUT2D eigenvalue weighted by atomic mass is 9.88. The Kier molecular flexibility index (Phi) is 3.82. The van der Waals surface area contributed by atoms with Crippen molar-refractivity contribution in [2.75, 3.05) is 0 Å². The van der Waals surface area contributed by atoms with Gasteiger partial charge >= 0.3 is 0 Å². The first-order valence-corrected chi connectivity index (χ1v) is 6.43. The molecule has 4 heteroatoms. The van der Waals surface area contributed by atoms with Gasteiger partial charge in [-0.05, 0) is 19.8 Å². The van der Waals surface area contributed by atoms with E-state index in [-0.39, 0.29) is 11.8 Å². The van der Waals surface area contributed by atoms with Crippen LogP contribution in [0.5, 0.6) is 0 Å². The predicted molar refractivity (Wildman–Crippen MR) is 66.4 cm³/mol. The smallest absolute Gasteiger partial charge is 0.223 e. The van der Waals surface area contributed by atoms with Crippen LogP contribution in [-0.4, -0.2) is 15.7 Å². The maximum Gasteiger partial charge on any atom is 0.223 e. The Balaban J connectivity index is 1.85. The SMILES string of the molecule is Cc1c(CNC(=O)C2CCCCC2)cnn1C. The Morgan fingerprint density at radius 1 is 1.47 bits per heavy atom. The molecule has 1 fully saturated rings. The standard InChI is InChI=1S/C13H21N3O/c1-10-12(9-15-16(10)2)8-14-13(17)11-6-4-3-5-7-11/h9,11H,3-8H2,1-2H3,(H,14,17). The van der Waals surface area contributed by atoms with Crippen LogP contribution in [0.4, 0.5) is 0 Å². The highest BCUT2D eigenvalue weighted by Gasteiger charge is 2.20. The molecule has 1 heterocycles. The molecule has 0 atom stereocenters. The summed E-state index contributed by atoms with van der Waals surface area (Å²) in [7, 11) is 1.92. The van der Waals surface area contributed by atoms with Crippen molar-refractivity contribution in [3.8, 4) is 0 Å². The fraction of sp³-hybridized carbons (Fsp3) is 0.692. The van der Waals surface area contributed by atoms with Gasteiger partial charge in [0.1, 0.15) is 0 Å². The van der Waals surface area contributed by atoms with Gasteiger partial charge in [0.2, 0.25) is 5.91 Å². The van der Waals surface area contributed by atoms with Gasteiger partial charge in [0.05, 0.1) is 6.20 Å². The van der Waals surface area contributed by atoms with Gasteiger partial charge in [-0.15, -0.1) is 0 Å². The maximum absolute atomic E-state index is 12.0. The molecule has 1 amide bonds. The number of amides is 1. The minimum Gasteiger partial charge on any atom is -0.352 e. The molecule has 1 aliphatic rings. The van der Waals surface area contributed by atoms with E-state index in [0.717, 1.165) is 24.1 Å². The molecule has 0 radical (unpaired) electrons. The summed E-state index contributed by atoms with van der Waals surface area (Å²) in [4.78, 5) is 12.0. The largest absolute Gasteiger partial charge is 0.352 e. The van der Waals surface area contributed by atoms with Crippen LogP contribution in [0, 0.1) is 12.8 Å². The molecule has 0 bridgehead atoms. The molecule has 0 unspecified atom stereocenters. The Bertz CT molecular complexity index is 391. The molecule has 4 nitrogen and oxygen atoms in total. The van der Waals surface area contributed by atoms with Crippen LogP contribution in [0.1, 0.15) is 43.4 Å². The average Bonchev–Trinajstić information content (AvgIpc) is 2.68. The molecule has 1 aromatic heterocycles. The third-order valence-electron chi connectivity index (χ3n) is 3.77. The van der Waals surface area contributed by atoms with Crippen molar-refractivity contribution in [2.45, 2.75) is 45.6 Å². The molecule has 0 aliphatic heterocycles. The number of aromatic nitrogens is 2. The molecular formula is C13H21N3O. The zero-order valence-electron chi connectivity index (χ0n) is 10.7. The summed E-state index contributed by atoms with van der Waals surface area (Å²) in [5.74, 6) is 0.452. The second-order valence-corrected chi connectivity index (χ2v) is 4.93. The molecule has 1 N–H and O–H groups in total. The topological polar surface area (TPSA) is 46.9 Å². The van der Waals surface area contributed by atoms with Crippen LogP contribution in [0.2, 0.25) is 0 Å². The second kappa shape index (κ2) is 5.34. The third kappa shape index (κ3) is 2.87. The van der Waals surface area contributed by atoms with Crippen molar-refractivity contribution in [3.63, 3.8) is 0 Å². The number of nitrogens with one attached hydrogen (secondary N) is 1. The normalized spacial score (nSPS) is 17.1. The van der Waals surface area contributed by atoms with Crippen LogP contribution < -0.4 is 5.32 Å². The van der Waals surface area contributed by atoms with Crippen molar-refractivity contribution >= 4 is 5.91 Å². The van der Waals surface area contributed by atoms with Crippen molar-refractivity contribution in [2.24, 2.45) is 13.0 Å². The molecule has 0 spiro atoms. The van der Waals surface area contributed by atoms with Crippen molar-refractivity contribution in [1.29, 1.82) is 0 Å². The van der Waals surface area contributed by atoms with Gasteiger partial charge in [-0.3, -0.25) is 9.48 Å². The maximum atomic E-state index is 12.0. The highest BCUT2D eigenvalue weighted by molar-refractivity contribution is 5.78. The third-order valence-corrected chi connectivity index (χ3v) is 3.77. The van der Waals surface area contributed by atoms with Gasteiger partial charge in [-0.1, -0.05) is 19.3 Å². The fourth-order valence-corrected chi connectivity index (χ4v) is 2.41. The first-order valence-electron chi connectivity index (χ1n) is 6.43. The summed E-state index contributed by atoms with van der Waals surface area (Å²) in [5.41, 5.74) is 2.23. The molecule has 1 saturated carbocycles. The summed E-state index contributed by atoms with van der Waals surface area (Å²) in [6.45, 7) is 2.63. The van der Waals surface area contributed by atoms with E-state index in [9.17, 15) is 4.79 Å². The Hall–Kier alpha value is -1.32. The highest BCUT2D eigenvalue weighted by atomic mass is 16.1. The van der Waals surface area contributed by atoms with E-state index < -0.39 is 0 Å². The Labute approximate surface area is 102 Å². The summed E-state index contributed by atoms with van der Waals surface area (Å²) < 4.78 is 1.84. The van der Waals surface area contributed by atoms with E-state index in [1.807, 2.05) is 24.9 Å².